The standard InChI is InChI=1S/C33H26N4O6/c1-4-35(5-2)20-10-13-26-29(17-20)42-30-18-21(11-14-27(30)33(26)25-9-7-6-8-23(25)32(39)43-33)36-19(3)34-28-15-12-22(37(40)41)16-24(28)31(36)38/h6-18H,4-5H2,1-3H3. The third-order valence-electron chi connectivity index (χ3n) is 8.30. The quantitative estimate of drug-likeness (QED) is 0.142. The molecule has 4 aromatic carbocycles. The minimum atomic E-state index is -1.25. The molecule has 10 heteroatoms. The number of ether oxygens (including phenoxy) is 2. The first kappa shape index (κ1) is 26.4. The second-order valence-electron chi connectivity index (χ2n) is 10.5. The number of nitrogens with zero attached hydrogens (tertiary/aromatic N) is 4. The van der Waals surface area contributed by atoms with Gasteiger partial charge in [0.1, 0.15) is 17.3 Å². The molecule has 10 nitrogen and oxygen atoms in total. The van der Waals surface area contributed by atoms with Crippen LogP contribution < -0.4 is 15.2 Å². The molecule has 5 aromatic rings. The van der Waals surface area contributed by atoms with Gasteiger partial charge in [0.15, 0.2) is 5.60 Å². The Kier molecular flexibility index (Phi) is 5.84. The smallest absolute Gasteiger partial charge is 0.340 e. The van der Waals surface area contributed by atoms with Gasteiger partial charge in [-0.25, -0.2) is 9.78 Å². The molecule has 2 aliphatic heterocycles. The number of anilines is 1. The van der Waals surface area contributed by atoms with Gasteiger partial charge in [0.25, 0.3) is 11.2 Å². The van der Waals surface area contributed by atoms with Crippen LogP contribution in [-0.4, -0.2) is 33.5 Å². The van der Waals surface area contributed by atoms with Gasteiger partial charge in [-0.1, -0.05) is 18.2 Å². The molecule has 1 aromatic heterocycles. The summed E-state index contributed by atoms with van der Waals surface area (Å²) >= 11 is 0. The predicted molar refractivity (Wildman–Crippen MR) is 161 cm³/mol. The molecule has 3 heterocycles. The number of nitro groups is 1. The summed E-state index contributed by atoms with van der Waals surface area (Å²) in [6.07, 6.45) is 0. The lowest BCUT2D eigenvalue weighted by atomic mass is 9.77. The minimum Gasteiger partial charge on any atom is -0.456 e. The average Bonchev–Trinajstić information content (AvgIpc) is 3.30. The van der Waals surface area contributed by atoms with E-state index in [9.17, 15) is 19.7 Å². The molecule has 0 radical (unpaired) electrons. The maximum Gasteiger partial charge on any atom is 0.340 e. The number of nitro benzene ring substituents is 1. The number of non-ortho nitro benzene ring substituents is 1. The third-order valence-corrected chi connectivity index (χ3v) is 8.30. The summed E-state index contributed by atoms with van der Waals surface area (Å²) in [5.74, 6) is 0.920. The van der Waals surface area contributed by atoms with E-state index >= 15 is 0 Å². The van der Waals surface area contributed by atoms with Crippen LogP contribution in [0.25, 0.3) is 16.6 Å². The fraction of sp³-hybridized carbons (Fsp3) is 0.182. The van der Waals surface area contributed by atoms with Crippen molar-refractivity contribution in [1.82, 2.24) is 9.55 Å². The summed E-state index contributed by atoms with van der Waals surface area (Å²) in [6, 6.07) is 22.5. The number of aryl methyl sites for hydroxylation is 1. The van der Waals surface area contributed by atoms with Gasteiger partial charge in [-0.05, 0) is 57.2 Å². The highest BCUT2D eigenvalue weighted by molar-refractivity contribution is 5.97. The third kappa shape index (κ3) is 3.76. The molecular formula is C33H26N4O6. The van der Waals surface area contributed by atoms with Crippen molar-refractivity contribution in [2.45, 2.75) is 26.4 Å². The largest absolute Gasteiger partial charge is 0.456 e. The Hall–Kier alpha value is -5.51. The Morgan fingerprint density at radius 3 is 2.37 bits per heavy atom. The Morgan fingerprint density at radius 2 is 1.63 bits per heavy atom. The maximum absolute atomic E-state index is 13.7. The number of hydrogen-bond acceptors (Lipinski definition) is 8. The monoisotopic (exact) mass is 574 g/mol. The fourth-order valence-electron chi connectivity index (χ4n) is 6.28. The van der Waals surface area contributed by atoms with E-state index in [2.05, 4.69) is 23.7 Å². The number of hydrogen-bond donors (Lipinski definition) is 0. The molecule has 0 N–H and O–H groups in total. The van der Waals surface area contributed by atoms with E-state index < -0.39 is 22.1 Å². The van der Waals surface area contributed by atoms with E-state index in [1.165, 1.54) is 22.8 Å². The maximum atomic E-state index is 13.7. The van der Waals surface area contributed by atoms with Crippen LogP contribution in [0.4, 0.5) is 11.4 Å². The van der Waals surface area contributed by atoms with Crippen LogP contribution in [0.15, 0.2) is 83.7 Å². The lowest BCUT2D eigenvalue weighted by Gasteiger charge is -2.37. The zero-order valence-corrected chi connectivity index (χ0v) is 23.7. The number of aromatic nitrogens is 2. The SMILES string of the molecule is CCN(CC)c1ccc2c(c1)Oc1cc(-n3c(C)nc4ccc([N+](=O)[O-])cc4c3=O)ccc1C21OC(=O)c2ccccc21. The summed E-state index contributed by atoms with van der Waals surface area (Å²) in [7, 11) is 0. The molecule has 214 valence electrons. The Morgan fingerprint density at radius 1 is 0.907 bits per heavy atom. The highest BCUT2D eigenvalue weighted by atomic mass is 16.6. The molecule has 0 saturated carbocycles. The number of benzene rings is 4. The summed E-state index contributed by atoms with van der Waals surface area (Å²) in [5.41, 5.74) is 2.40. The van der Waals surface area contributed by atoms with Crippen LogP contribution in [0.2, 0.25) is 0 Å². The van der Waals surface area contributed by atoms with Crippen LogP contribution in [0.1, 0.15) is 46.7 Å². The van der Waals surface area contributed by atoms with Crippen molar-refractivity contribution in [3.8, 4) is 17.2 Å². The first-order valence-electron chi connectivity index (χ1n) is 14.0. The lowest BCUT2D eigenvalue weighted by Crippen LogP contribution is -2.33. The van der Waals surface area contributed by atoms with E-state index in [4.69, 9.17) is 9.47 Å². The van der Waals surface area contributed by atoms with Gasteiger partial charge < -0.3 is 14.4 Å². The number of fused-ring (bicyclic) bond motifs is 7. The number of carbonyl (C=O) groups is 1. The zero-order valence-electron chi connectivity index (χ0n) is 23.7. The number of carbonyl (C=O) groups excluding carboxylic acids is 1. The molecule has 0 aliphatic carbocycles. The van der Waals surface area contributed by atoms with Crippen molar-refractivity contribution in [1.29, 1.82) is 0 Å². The molecule has 0 bridgehead atoms. The molecule has 2 aliphatic rings. The van der Waals surface area contributed by atoms with E-state index in [1.54, 1.807) is 37.3 Å². The van der Waals surface area contributed by atoms with Crippen molar-refractivity contribution < 1.29 is 19.2 Å². The van der Waals surface area contributed by atoms with Gasteiger partial charge in [-0.15, -0.1) is 0 Å². The van der Waals surface area contributed by atoms with E-state index in [0.29, 0.717) is 50.8 Å². The summed E-state index contributed by atoms with van der Waals surface area (Å²) in [4.78, 5) is 44.5. The highest BCUT2D eigenvalue weighted by Crippen LogP contribution is 2.56. The lowest BCUT2D eigenvalue weighted by molar-refractivity contribution is -0.384. The molecule has 0 amide bonds. The van der Waals surface area contributed by atoms with Gasteiger partial charge in [-0.3, -0.25) is 19.5 Å². The second-order valence-corrected chi connectivity index (χ2v) is 10.5. The Balaban J connectivity index is 1.46. The van der Waals surface area contributed by atoms with Gasteiger partial charge >= 0.3 is 5.97 Å². The van der Waals surface area contributed by atoms with E-state index in [-0.39, 0.29) is 11.1 Å². The van der Waals surface area contributed by atoms with Crippen LogP contribution in [-0.2, 0) is 10.3 Å². The normalized spacial score (nSPS) is 16.3. The molecule has 1 atom stereocenters. The Bertz CT molecular complexity index is 2070. The molecule has 0 saturated heterocycles. The topological polar surface area (TPSA) is 117 Å². The molecule has 1 unspecified atom stereocenters. The van der Waals surface area contributed by atoms with Crippen LogP contribution in [0.5, 0.6) is 11.5 Å². The first-order chi connectivity index (χ1) is 20.8. The van der Waals surface area contributed by atoms with Crippen molar-refractivity contribution in [2.24, 2.45) is 0 Å². The van der Waals surface area contributed by atoms with E-state index in [0.717, 1.165) is 18.8 Å². The Labute approximate surface area is 245 Å². The molecule has 1 spiro atoms. The minimum absolute atomic E-state index is 0.128. The molecule has 43 heavy (non-hydrogen) atoms. The van der Waals surface area contributed by atoms with Crippen molar-refractivity contribution >= 4 is 28.2 Å². The average molecular weight is 575 g/mol. The summed E-state index contributed by atoms with van der Waals surface area (Å²) in [5, 5.41) is 11.5. The van der Waals surface area contributed by atoms with Crippen LogP contribution >= 0.6 is 0 Å². The summed E-state index contributed by atoms with van der Waals surface area (Å²) in [6.45, 7) is 7.45. The van der Waals surface area contributed by atoms with Crippen LogP contribution in [0, 0.1) is 17.0 Å². The fourth-order valence-corrected chi connectivity index (χ4v) is 6.28. The first-order valence-corrected chi connectivity index (χ1v) is 14.0. The van der Waals surface area contributed by atoms with Gasteiger partial charge in [0.05, 0.1) is 27.1 Å². The van der Waals surface area contributed by atoms with Gasteiger partial charge in [-0.2, -0.15) is 0 Å². The zero-order chi connectivity index (χ0) is 30.0. The van der Waals surface area contributed by atoms with Gasteiger partial charge in [0, 0.05) is 59.7 Å². The molecule has 0 fully saturated rings. The molecular weight excluding hydrogens is 548 g/mol. The van der Waals surface area contributed by atoms with Crippen molar-refractivity contribution in [3.05, 3.63) is 127 Å². The highest BCUT2D eigenvalue weighted by Gasteiger charge is 2.53. The molecule has 7 rings (SSSR count). The van der Waals surface area contributed by atoms with Crippen LogP contribution in [0.3, 0.4) is 0 Å². The van der Waals surface area contributed by atoms with E-state index in [1.807, 2.05) is 30.3 Å². The van der Waals surface area contributed by atoms with Gasteiger partial charge in [0.2, 0.25) is 0 Å². The summed E-state index contributed by atoms with van der Waals surface area (Å²) < 4.78 is 14.2. The van der Waals surface area contributed by atoms with Crippen molar-refractivity contribution in [2.75, 3.05) is 18.0 Å². The number of rotatable bonds is 5. The van der Waals surface area contributed by atoms with Crippen molar-refractivity contribution in [3.63, 3.8) is 0 Å². The second kappa shape index (κ2) is 9.52. The number of esters is 1. The predicted octanol–water partition coefficient (Wildman–Crippen LogP) is 6.02.